The minimum absolute atomic E-state index is 0.00934. The van der Waals surface area contributed by atoms with Crippen molar-refractivity contribution in [1.82, 2.24) is 5.32 Å². The summed E-state index contributed by atoms with van der Waals surface area (Å²) in [5, 5.41) is 13.6. The quantitative estimate of drug-likeness (QED) is 0.496. The first-order valence-corrected chi connectivity index (χ1v) is 6.61. The van der Waals surface area contributed by atoms with E-state index in [-0.39, 0.29) is 17.6 Å². The maximum absolute atomic E-state index is 12.0. The Morgan fingerprint density at radius 1 is 1.53 bits per heavy atom. The van der Waals surface area contributed by atoms with Crippen LogP contribution in [0.5, 0.6) is 0 Å². The first-order valence-electron chi connectivity index (χ1n) is 6.08. The molecule has 0 fully saturated rings. The third-order valence-electron chi connectivity index (χ3n) is 2.89. The number of carbonyl (C=O) groups excluding carboxylic acids is 1. The van der Waals surface area contributed by atoms with Gasteiger partial charge in [-0.2, -0.15) is 0 Å². The van der Waals surface area contributed by atoms with Gasteiger partial charge in [0.15, 0.2) is 0 Å². The van der Waals surface area contributed by atoms with E-state index >= 15 is 0 Å². The van der Waals surface area contributed by atoms with Crippen LogP contribution >= 0.6 is 11.6 Å². The molecule has 0 aromatic heterocycles. The molecule has 0 saturated heterocycles. The predicted octanol–water partition coefficient (Wildman–Crippen LogP) is 3.04. The van der Waals surface area contributed by atoms with Gasteiger partial charge < -0.3 is 5.32 Å². The molecule has 6 heteroatoms. The van der Waals surface area contributed by atoms with E-state index in [2.05, 4.69) is 5.32 Å². The lowest BCUT2D eigenvalue weighted by Crippen LogP contribution is -2.33. The number of hydrogen-bond acceptors (Lipinski definition) is 3. The number of rotatable bonds is 6. The lowest BCUT2D eigenvalue weighted by molar-refractivity contribution is -0.385. The average Bonchev–Trinajstić information content (AvgIpc) is 2.36. The number of nitrogens with zero attached hydrogens (tertiary/aromatic N) is 1. The number of benzene rings is 1. The van der Waals surface area contributed by atoms with E-state index in [0.29, 0.717) is 17.0 Å². The second-order valence-corrected chi connectivity index (χ2v) is 4.79. The molecule has 0 bridgehead atoms. The van der Waals surface area contributed by atoms with Crippen molar-refractivity contribution in [1.29, 1.82) is 0 Å². The number of nitro benzene ring substituents is 1. The van der Waals surface area contributed by atoms with Crippen LogP contribution in [0.1, 0.15) is 35.7 Å². The summed E-state index contributed by atoms with van der Waals surface area (Å²) in [7, 11) is 0. The van der Waals surface area contributed by atoms with Crippen LogP contribution in [0.2, 0.25) is 0 Å². The van der Waals surface area contributed by atoms with Crippen molar-refractivity contribution in [2.45, 2.75) is 32.7 Å². The minimum Gasteiger partial charge on any atom is -0.350 e. The molecule has 1 aromatic carbocycles. The van der Waals surface area contributed by atoms with Crippen LogP contribution in [0, 0.1) is 17.0 Å². The third-order valence-corrected chi connectivity index (χ3v) is 3.16. The van der Waals surface area contributed by atoms with Crippen molar-refractivity contribution < 1.29 is 9.72 Å². The smallest absolute Gasteiger partial charge is 0.273 e. The minimum atomic E-state index is -0.483. The van der Waals surface area contributed by atoms with Crippen molar-refractivity contribution in [3.8, 4) is 0 Å². The standard InChI is InChI=1S/C13H17ClN2O3/c1-9(5-4-8-14)15-13(17)11-6-3-7-12(10(11)2)16(18)19/h3,6-7,9H,4-5,8H2,1-2H3,(H,15,17). The van der Waals surface area contributed by atoms with Gasteiger partial charge in [-0.25, -0.2) is 0 Å². The lowest BCUT2D eigenvalue weighted by atomic mass is 10.1. The summed E-state index contributed by atoms with van der Waals surface area (Å²) in [6.07, 6.45) is 1.60. The Kier molecular flexibility index (Phi) is 5.76. The largest absolute Gasteiger partial charge is 0.350 e. The fourth-order valence-electron chi connectivity index (χ4n) is 1.82. The molecular formula is C13H17ClN2O3. The summed E-state index contributed by atoms with van der Waals surface area (Å²) in [5.74, 6) is 0.263. The van der Waals surface area contributed by atoms with Gasteiger partial charge in [-0.15, -0.1) is 11.6 Å². The zero-order valence-electron chi connectivity index (χ0n) is 11.0. The monoisotopic (exact) mass is 284 g/mol. The van der Waals surface area contributed by atoms with Gasteiger partial charge in [-0.3, -0.25) is 14.9 Å². The van der Waals surface area contributed by atoms with Crippen molar-refractivity contribution >= 4 is 23.2 Å². The SMILES string of the molecule is Cc1c(C(=O)NC(C)CCCCl)cccc1[N+](=O)[O-]. The molecule has 0 radical (unpaired) electrons. The highest BCUT2D eigenvalue weighted by atomic mass is 35.5. The Morgan fingerprint density at radius 2 is 2.21 bits per heavy atom. The fraction of sp³-hybridized carbons (Fsp3) is 0.462. The van der Waals surface area contributed by atoms with E-state index in [1.165, 1.54) is 12.1 Å². The number of nitro groups is 1. The van der Waals surface area contributed by atoms with Gasteiger partial charge >= 0.3 is 0 Å². The van der Waals surface area contributed by atoms with Crippen LogP contribution < -0.4 is 5.32 Å². The predicted molar refractivity (Wildman–Crippen MR) is 74.7 cm³/mol. The van der Waals surface area contributed by atoms with Crippen LogP contribution in [-0.2, 0) is 0 Å². The Bertz CT molecular complexity index is 477. The van der Waals surface area contributed by atoms with E-state index in [9.17, 15) is 14.9 Å². The fourth-order valence-corrected chi connectivity index (χ4v) is 1.98. The lowest BCUT2D eigenvalue weighted by Gasteiger charge is -2.14. The highest BCUT2D eigenvalue weighted by Crippen LogP contribution is 2.21. The molecule has 0 heterocycles. The van der Waals surface area contributed by atoms with E-state index in [1.807, 2.05) is 6.92 Å². The van der Waals surface area contributed by atoms with Gasteiger partial charge in [-0.1, -0.05) is 6.07 Å². The van der Waals surface area contributed by atoms with Crippen molar-refractivity contribution in [3.63, 3.8) is 0 Å². The molecule has 104 valence electrons. The molecule has 0 spiro atoms. The number of alkyl halides is 1. The second-order valence-electron chi connectivity index (χ2n) is 4.41. The first-order chi connectivity index (χ1) is 8.97. The van der Waals surface area contributed by atoms with Gasteiger partial charge in [0.25, 0.3) is 11.6 Å². The van der Waals surface area contributed by atoms with Crippen molar-refractivity contribution in [3.05, 3.63) is 39.4 Å². The molecule has 1 aromatic rings. The summed E-state index contributed by atoms with van der Waals surface area (Å²) >= 11 is 5.59. The first kappa shape index (κ1) is 15.4. The zero-order valence-corrected chi connectivity index (χ0v) is 11.7. The van der Waals surface area contributed by atoms with Crippen LogP contribution in [0.4, 0.5) is 5.69 Å². The summed E-state index contributed by atoms with van der Waals surface area (Å²) in [4.78, 5) is 22.4. The number of amides is 1. The van der Waals surface area contributed by atoms with Crippen molar-refractivity contribution in [2.75, 3.05) is 5.88 Å². The Balaban J connectivity index is 2.83. The van der Waals surface area contributed by atoms with Gasteiger partial charge in [0, 0.05) is 29.1 Å². The molecular weight excluding hydrogens is 268 g/mol. The summed E-state index contributed by atoms with van der Waals surface area (Å²) < 4.78 is 0. The summed E-state index contributed by atoms with van der Waals surface area (Å²) in [5.41, 5.74) is 0.683. The molecule has 19 heavy (non-hydrogen) atoms. The van der Waals surface area contributed by atoms with Gasteiger partial charge in [-0.05, 0) is 32.8 Å². The topological polar surface area (TPSA) is 72.2 Å². The summed E-state index contributed by atoms with van der Waals surface area (Å²) in [6, 6.07) is 4.49. The van der Waals surface area contributed by atoms with Crippen LogP contribution in [0.15, 0.2) is 18.2 Å². The van der Waals surface area contributed by atoms with E-state index in [4.69, 9.17) is 11.6 Å². The van der Waals surface area contributed by atoms with Crippen LogP contribution in [0.3, 0.4) is 0 Å². The number of hydrogen-bond donors (Lipinski definition) is 1. The number of nitrogens with one attached hydrogen (secondary N) is 1. The molecule has 1 amide bonds. The summed E-state index contributed by atoms with van der Waals surface area (Å²) in [6.45, 7) is 3.47. The Hall–Kier alpha value is -1.62. The van der Waals surface area contributed by atoms with E-state index < -0.39 is 4.92 Å². The Labute approximate surface area is 117 Å². The Morgan fingerprint density at radius 3 is 2.79 bits per heavy atom. The number of halogens is 1. The third kappa shape index (κ3) is 4.21. The highest BCUT2D eigenvalue weighted by Gasteiger charge is 2.18. The van der Waals surface area contributed by atoms with E-state index in [1.54, 1.807) is 13.0 Å². The van der Waals surface area contributed by atoms with E-state index in [0.717, 1.165) is 12.8 Å². The second kappa shape index (κ2) is 7.09. The molecule has 1 N–H and O–H groups in total. The highest BCUT2D eigenvalue weighted by molar-refractivity contribution is 6.17. The van der Waals surface area contributed by atoms with Crippen LogP contribution in [-0.4, -0.2) is 22.8 Å². The van der Waals surface area contributed by atoms with Gasteiger partial charge in [0.1, 0.15) is 0 Å². The molecule has 5 nitrogen and oxygen atoms in total. The molecule has 0 saturated carbocycles. The van der Waals surface area contributed by atoms with Crippen LogP contribution in [0.25, 0.3) is 0 Å². The molecule has 1 rings (SSSR count). The maximum atomic E-state index is 12.0. The number of carbonyl (C=O) groups is 1. The average molecular weight is 285 g/mol. The van der Waals surface area contributed by atoms with Gasteiger partial charge in [0.05, 0.1) is 4.92 Å². The normalized spacial score (nSPS) is 11.9. The molecule has 1 atom stereocenters. The molecule has 1 unspecified atom stereocenters. The molecule has 0 aliphatic carbocycles. The molecule has 0 aliphatic rings. The maximum Gasteiger partial charge on any atom is 0.273 e. The molecule has 0 aliphatic heterocycles. The van der Waals surface area contributed by atoms with Crippen molar-refractivity contribution in [2.24, 2.45) is 0 Å². The van der Waals surface area contributed by atoms with Gasteiger partial charge in [0.2, 0.25) is 0 Å². The zero-order chi connectivity index (χ0) is 14.4.